The number of carbonyl (C=O) groups excluding carboxylic acids is 3. The Morgan fingerprint density at radius 1 is 1.09 bits per heavy atom. The molecule has 1 aromatic carbocycles. The maximum atomic E-state index is 12.7. The van der Waals surface area contributed by atoms with E-state index in [-0.39, 0.29) is 5.57 Å². The third-order valence-corrected chi connectivity index (χ3v) is 4.12. The fourth-order valence-electron chi connectivity index (χ4n) is 2.50. The molecule has 0 atom stereocenters. The predicted octanol–water partition coefficient (Wildman–Crippen LogP) is 3.03. The van der Waals surface area contributed by atoms with E-state index in [1.807, 2.05) is 30.7 Å². The molecule has 1 fully saturated rings. The van der Waals surface area contributed by atoms with Crippen molar-refractivity contribution in [2.45, 2.75) is 13.8 Å². The van der Waals surface area contributed by atoms with Crippen LogP contribution in [0.4, 0.5) is 10.5 Å². The fourth-order valence-corrected chi connectivity index (χ4v) is 3.11. The number of barbiturate groups is 1. The summed E-state index contributed by atoms with van der Waals surface area (Å²) in [5, 5.41) is 5.90. The molecule has 116 valence electrons. The number of nitrogens with one attached hydrogen (secondary N) is 1. The summed E-state index contributed by atoms with van der Waals surface area (Å²) in [6, 6.07) is 6.50. The van der Waals surface area contributed by atoms with E-state index < -0.39 is 17.8 Å². The quantitative estimate of drug-likeness (QED) is 0.681. The zero-order chi connectivity index (χ0) is 16.6. The van der Waals surface area contributed by atoms with Gasteiger partial charge in [0.1, 0.15) is 5.57 Å². The third kappa shape index (κ3) is 2.93. The molecule has 0 unspecified atom stereocenters. The van der Waals surface area contributed by atoms with Crippen molar-refractivity contribution >= 4 is 40.9 Å². The number of benzene rings is 1. The number of anilines is 1. The number of nitrogens with zero attached hydrogens (tertiary/aromatic N) is 1. The van der Waals surface area contributed by atoms with Gasteiger partial charge in [0, 0.05) is 0 Å². The van der Waals surface area contributed by atoms with E-state index >= 15 is 0 Å². The number of rotatable bonds is 2. The molecule has 0 aliphatic carbocycles. The minimum Gasteiger partial charge on any atom is -0.273 e. The lowest BCUT2D eigenvalue weighted by atomic mass is 10.1. The number of thiophene rings is 1. The highest BCUT2D eigenvalue weighted by Crippen LogP contribution is 2.24. The van der Waals surface area contributed by atoms with Crippen LogP contribution < -0.4 is 10.2 Å². The third-order valence-electron chi connectivity index (χ3n) is 3.42. The SMILES string of the molecule is Cc1cc(C)cc(N2C(=O)NC(=O)C(=Cc3ccsc3)C2=O)c1. The van der Waals surface area contributed by atoms with Crippen molar-refractivity contribution in [3.63, 3.8) is 0 Å². The first-order valence-corrected chi connectivity index (χ1v) is 7.92. The summed E-state index contributed by atoms with van der Waals surface area (Å²) in [5.74, 6) is -1.29. The largest absolute Gasteiger partial charge is 0.335 e. The average Bonchev–Trinajstić information content (AvgIpc) is 2.95. The summed E-state index contributed by atoms with van der Waals surface area (Å²) in [5.41, 5.74) is 3.01. The Morgan fingerprint density at radius 2 is 1.78 bits per heavy atom. The normalized spacial score (nSPS) is 16.9. The van der Waals surface area contributed by atoms with Crippen LogP contribution in [-0.4, -0.2) is 17.8 Å². The highest BCUT2D eigenvalue weighted by Gasteiger charge is 2.36. The van der Waals surface area contributed by atoms with E-state index in [1.165, 1.54) is 17.4 Å². The van der Waals surface area contributed by atoms with Crippen molar-refractivity contribution < 1.29 is 14.4 Å². The van der Waals surface area contributed by atoms with E-state index in [1.54, 1.807) is 18.2 Å². The van der Waals surface area contributed by atoms with Crippen LogP contribution in [0, 0.1) is 13.8 Å². The van der Waals surface area contributed by atoms with Crippen LogP contribution in [0.3, 0.4) is 0 Å². The van der Waals surface area contributed by atoms with Crippen LogP contribution in [-0.2, 0) is 9.59 Å². The molecule has 0 saturated carbocycles. The highest BCUT2D eigenvalue weighted by atomic mass is 32.1. The Balaban J connectivity index is 2.05. The molecule has 1 saturated heterocycles. The Hall–Kier alpha value is -2.73. The van der Waals surface area contributed by atoms with Gasteiger partial charge in [-0.25, -0.2) is 9.69 Å². The molecular formula is C17H14N2O3S. The predicted molar refractivity (Wildman–Crippen MR) is 89.2 cm³/mol. The van der Waals surface area contributed by atoms with Crippen molar-refractivity contribution in [2.24, 2.45) is 0 Å². The number of hydrogen-bond donors (Lipinski definition) is 1. The van der Waals surface area contributed by atoms with E-state index in [4.69, 9.17) is 0 Å². The molecule has 23 heavy (non-hydrogen) atoms. The molecule has 0 bridgehead atoms. The summed E-state index contributed by atoms with van der Waals surface area (Å²) in [7, 11) is 0. The molecule has 0 spiro atoms. The Morgan fingerprint density at radius 3 is 2.39 bits per heavy atom. The first-order chi connectivity index (χ1) is 11.0. The Kier molecular flexibility index (Phi) is 3.83. The van der Waals surface area contributed by atoms with E-state index in [0.29, 0.717) is 5.69 Å². The lowest BCUT2D eigenvalue weighted by Gasteiger charge is -2.26. The number of hydrogen-bond acceptors (Lipinski definition) is 4. The molecule has 2 aromatic rings. The van der Waals surface area contributed by atoms with Crippen molar-refractivity contribution in [1.82, 2.24) is 5.32 Å². The van der Waals surface area contributed by atoms with Crippen LogP contribution >= 0.6 is 11.3 Å². The van der Waals surface area contributed by atoms with Crippen LogP contribution in [0.15, 0.2) is 40.6 Å². The summed E-state index contributed by atoms with van der Waals surface area (Å²) in [6.45, 7) is 3.77. The minimum absolute atomic E-state index is 0.0536. The van der Waals surface area contributed by atoms with Gasteiger partial charge in [-0.2, -0.15) is 11.3 Å². The second kappa shape index (κ2) is 5.81. The monoisotopic (exact) mass is 326 g/mol. The van der Waals surface area contributed by atoms with Gasteiger partial charge in [0.05, 0.1) is 5.69 Å². The fraction of sp³-hybridized carbons (Fsp3) is 0.118. The molecule has 1 aromatic heterocycles. The van der Waals surface area contributed by atoms with E-state index in [2.05, 4.69) is 5.32 Å². The second-order valence-corrected chi connectivity index (χ2v) is 6.14. The lowest BCUT2D eigenvalue weighted by Crippen LogP contribution is -2.54. The smallest absolute Gasteiger partial charge is 0.273 e. The first-order valence-electron chi connectivity index (χ1n) is 6.97. The zero-order valence-corrected chi connectivity index (χ0v) is 13.4. The summed E-state index contributed by atoms with van der Waals surface area (Å²) >= 11 is 1.46. The van der Waals surface area contributed by atoms with Gasteiger partial charge in [0.15, 0.2) is 0 Å². The van der Waals surface area contributed by atoms with Gasteiger partial charge >= 0.3 is 6.03 Å². The van der Waals surface area contributed by atoms with Gasteiger partial charge in [-0.3, -0.25) is 14.9 Å². The number of urea groups is 1. The van der Waals surface area contributed by atoms with Gasteiger partial charge in [0.25, 0.3) is 11.8 Å². The Labute approximate surface area is 137 Å². The maximum absolute atomic E-state index is 12.7. The molecule has 1 aliphatic rings. The van der Waals surface area contributed by atoms with Crippen molar-refractivity contribution in [2.75, 3.05) is 4.90 Å². The summed E-state index contributed by atoms with van der Waals surface area (Å²) in [6.07, 6.45) is 1.50. The van der Waals surface area contributed by atoms with Gasteiger partial charge in [0.2, 0.25) is 0 Å². The molecule has 6 heteroatoms. The van der Waals surface area contributed by atoms with Crippen molar-refractivity contribution in [3.8, 4) is 0 Å². The second-order valence-electron chi connectivity index (χ2n) is 5.36. The van der Waals surface area contributed by atoms with Crippen LogP contribution in [0.2, 0.25) is 0 Å². The molecule has 1 aliphatic heterocycles. The number of imide groups is 2. The molecule has 5 nitrogen and oxygen atoms in total. The Bertz CT molecular complexity index is 817. The lowest BCUT2D eigenvalue weighted by molar-refractivity contribution is -0.122. The molecular weight excluding hydrogens is 312 g/mol. The van der Waals surface area contributed by atoms with Crippen LogP contribution in [0.25, 0.3) is 6.08 Å². The molecule has 1 N–H and O–H groups in total. The summed E-state index contributed by atoms with van der Waals surface area (Å²) in [4.78, 5) is 37.8. The van der Waals surface area contributed by atoms with E-state index in [9.17, 15) is 14.4 Å². The highest BCUT2D eigenvalue weighted by molar-refractivity contribution is 7.08. The molecule has 3 rings (SSSR count). The first kappa shape index (κ1) is 15.2. The van der Waals surface area contributed by atoms with Crippen molar-refractivity contribution in [3.05, 3.63) is 57.3 Å². The number of amides is 4. The maximum Gasteiger partial charge on any atom is 0.335 e. The zero-order valence-electron chi connectivity index (χ0n) is 12.6. The summed E-state index contributed by atoms with van der Waals surface area (Å²) < 4.78 is 0. The van der Waals surface area contributed by atoms with Crippen molar-refractivity contribution in [1.29, 1.82) is 0 Å². The van der Waals surface area contributed by atoms with Crippen LogP contribution in [0.1, 0.15) is 16.7 Å². The van der Waals surface area contributed by atoms with E-state index in [0.717, 1.165) is 21.6 Å². The average molecular weight is 326 g/mol. The van der Waals surface area contributed by atoms with Gasteiger partial charge in [-0.1, -0.05) is 6.07 Å². The standard InChI is InChI=1S/C17H14N2O3S/c1-10-5-11(2)7-13(6-10)19-16(21)14(15(20)18-17(19)22)8-12-3-4-23-9-12/h3-9H,1-2H3,(H,18,20,22). The molecule has 0 radical (unpaired) electrons. The van der Waals surface area contributed by atoms with Gasteiger partial charge in [-0.15, -0.1) is 0 Å². The molecule has 4 amide bonds. The van der Waals surface area contributed by atoms with Gasteiger partial charge in [-0.05, 0) is 65.6 Å². The van der Waals surface area contributed by atoms with Crippen LogP contribution in [0.5, 0.6) is 0 Å². The number of carbonyl (C=O) groups is 3. The topological polar surface area (TPSA) is 66.5 Å². The minimum atomic E-state index is -0.729. The van der Waals surface area contributed by atoms with Gasteiger partial charge < -0.3 is 0 Å². The molecule has 2 heterocycles. The number of aryl methyl sites for hydroxylation is 2.